The van der Waals surface area contributed by atoms with Crippen molar-refractivity contribution in [2.24, 2.45) is 29.2 Å². The molecule has 0 saturated heterocycles. The number of hydrogen-bond donors (Lipinski definition) is 1. The van der Waals surface area contributed by atoms with E-state index in [4.69, 9.17) is 30.5 Å². The summed E-state index contributed by atoms with van der Waals surface area (Å²) in [6.45, 7) is 3.51. The molecule has 2 amide bonds. The number of nitrogens with zero attached hydrogens (tertiary/aromatic N) is 4. The van der Waals surface area contributed by atoms with E-state index in [0.717, 1.165) is 43.4 Å². The van der Waals surface area contributed by atoms with Crippen LogP contribution in [-0.2, 0) is 49.5 Å². The molecule has 13 nitrogen and oxygen atoms in total. The first-order valence-electron chi connectivity index (χ1n) is 21.3. The highest BCUT2D eigenvalue weighted by Crippen LogP contribution is 2.47. The maximum Gasteiger partial charge on any atom is 0.306 e. The Morgan fingerprint density at radius 2 is 1.85 bits per heavy atom. The molecule has 1 fully saturated rings. The summed E-state index contributed by atoms with van der Waals surface area (Å²) in [6, 6.07) is 21.0. The maximum atomic E-state index is 15.2. The first-order valence-corrected chi connectivity index (χ1v) is 23.4. The average molecular weight is 884 g/mol. The van der Waals surface area contributed by atoms with Crippen LogP contribution < -0.4 is 19.1 Å². The summed E-state index contributed by atoms with van der Waals surface area (Å²) in [4.78, 5) is 44.1. The van der Waals surface area contributed by atoms with Crippen molar-refractivity contribution in [2.75, 3.05) is 44.6 Å². The number of carbonyl (C=O) groups is 3. The number of halogens is 1. The number of nitrogens with one attached hydrogen (secondary N) is 1. The normalized spacial score (nSPS) is 27.6. The molecule has 1 saturated carbocycles. The number of esters is 1. The fraction of sp³-hybridized carbons (Fsp3) is 0.447. The standard InChI is InChI=1S/C47H54ClN5O8S/c1-30-27-62(57,51-45(56)37-26-52(2)49-46(37)59-4)50-44(55)33-14-18-42-39(24-33)53(28-47(29-60-42)22-8-11-32-23-35(48)15-17-38(32)47)25-34-13-16-36(34)41(58-3)20-19-40(30)61-43(54)21-12-31-9-6-5-7-10-31/h5-7,9-10,14-15,17-20,23-24,26,30,34,36,40-41H,8,11-13,16,21-22,25,27-29H2,1-4H3,(H,50,51,55,56,57)/b20-19-/t30-,34+,36-,40?,41+,47+,62?/m1/s1. The molecule has 2 bridgehead atoms. The van der Waals surface area contributed by atoms with Crippen LogP contribution in [0.1, 0.15) is 76.4 Å². The molecule has 1 aromatic heterocycles. The Bertz CT molecular complexity index is 2480. The lowest BCUT2D eigenvalue weighted by molar-refractivity contribution is -0.148. The molecule has 1 N–H and O–H groups in total. The van der Waals surface area contributed by atoms with E-state index in [-0.39, 0.29) is 52.5 Å². The minimum absolute atomic E-state index is 0.0141. The molecule has 8 rings (SSSR count). The zero-order valence-electron chi connectivity index (χ0n) is 35.6. The smallest absolute Gasteiger partial charge is 0.306 e. The molecular weight excluding hydrogens is 830 g/mol. The van der Waals surface area contributed by atoms with Crippen LogP contribution in [0.25, 0.3) is 0 Å². The highest BCUT2D eigenvalue weighted by Gasteiger charge is 2.44. The van der Waals surface area contributed by atoms with Crippen molar-refractivity contribution in [3.8, 4) is 11.6 Å². The van der Waals surface area contributed by atoms with E-state index in [2.05, 4.69) is 31.2 Å². The SMILES string of the molecule is COc1nn(C)cc1C(=O)NS1(=O)=NC(=O)c2ccc3c(c2)N(C[C@@H]2CC[C@H]2[C@@H](OC)/C=C\C(OC(=O)CCc2ccccc2)[C@H](C)C1)C[C@@]1(CCCc2cc(Cl)ccc21)CO3. The highest BCUT2D eigenvalue weighted by molar-refractivity contribution is 7.92. The number of aromatic nitrogens is 2. The number of hydrogen-bond acceptors (Lipinski definition) is 10. The van der Waals surface area contributed by atoms with E-state index in [0.29, 0.717) is 36.9 Å². The number of carbonyl (C=O) groups excluding carboxylic acids is 3. The second-order valence-corrected chi connectivity index (χ2v) is 19.6. The number of benzene rings is 3. The van der Waals surface area contributed by atoms with Gasteiger partial charge in [-0.15, -0.1) is 9.46 Å². The third kappa shape index (κ3) is 9.28. The van der Waals surface area contributed by atoms with Gasteiger partial charge in [0.1, 0.15) is 27.3 Å². The van der Waals surface area contributed by atoms with Crippen LogP contribution in [0.5, 0.6) is 11.6 Å². The van der Waals surface area contributed by atoms with E-state index >= 15 is 4.21 Å². The van der Waals surface area contributed by atoms with Gasteiger partial charge in [-0.2, -0.15) is 0 Å². The van der Waals surface area contributed by atoms with Crippen molar-refractivity contribution in [1.82, 2.24) is 14.5 Å². The van der Waals surface area contributed by atoms with Gasteiger partial charge in [-0.1, -0.05) is 61.0 Å². The van der Waals surface area contributed by atoms with Crippen molar-refractivity contribution in [1.29, 1.82) is 0 Å². The maximum absolute atomic E-state index is 15.2. The van der Waals surface area contributed by atoms with Crippen molar-refractivity contribution in [3.05, 3.63) is 118 Å². The molecule has 3 aromatic carbocycles. The lowest BCUT2D eigenvalue weighted by Gasteiger charge is -2.46. The van der Waals surface area contributed by atoms with E-state index in [9.17, 15) is 14.4 Å². The summed E-state index contributed by atoms with van der Waals surface area (Å²) in [5.41, 5.74) is 4.05. The number of aryl methyl sites for hydroxylation is 3. The molecule has 15 heteroatoms. The molecule has 4 aliphatic rings. The lowest BCUT2D eigenvalue weighted by Crippen LogP contribution is -2.49. The van der Waals surface area contributed by atoms with Gasteiger partial charge in [-0.3, -0.25) is 23.8 Å². The number of ether oxygens (including phenoxy) is 4. The average Bonchev–Trinajstić information content (AvgIpc) is 3.57. The largest absolute Gasteiger partial charge is 0.490 e. The molecule has 7 atom stereocenters. The molecule has 62 heavy (non-hydrogen) atoms. The fourth-order valence-electron chi connectivity index (χ4n) is 9.56. The number of anilines is 1. The van der Waals surface area contributed by atoms with Gasteiger partial charge in [0.05, 0.1) is 31.3 Å². The minimum atomic E-state index is -3.91. The second-order valence-electron chi connectivity index (χ2n) is 17.2. The third-order valence-electron chi connectivity index (χ3n) is 12.9. The van der Waals surface area contributed by atoms with E-state index in [1.165, 1.54) is 29.1 Å². The zero-order chi connectivity index (χ0) is 43.6. The molecule has 328 valence electrons. The van der Waals surface area contributed by atoms with Crippen molar-refractivity contribution >= 4 is 45.0 Å². The summed E-state index contributed by atoms with van der Waals surface area (Å²) in [7, 11) is 0.777. The van der Waals surface area contributed by atoms with Crippen LogP contribution >= 0.6 is 11.6 Å². The van der Waals surface area contributed by atoms with Gasteiger partial charge >= 0.3 is 5.97 Å². The van der Waals surface area contributed by atoms with Gasteiger partial charge in [0.25, 0.3) is 11.8 Å². The van der Waals surface area contributed by atoms with Gasteiger partial charge in [0.2, 0.25) is 5.88 Å². The zero-order valence-corrected chi connectivity index (χ0v) is 37.2. The quantitative estimate of drug-likeness (QED) is 0.141. The summed E-state index contributed by atoms with van der Waals surface area (Å²) >= 11 is 6.50. The predicted molar refractivity (Wildman–Crippen MR) is 237 cm³/mol. The Kier molecular flexibility index (Phi) is 12.8. The second kappa shape index (κ2) is 18.3. The summed E-state index contributed by atoms with van der Waals surface area (Å²) in [5.74, 6) is -1.99. The molecular formula is C47H54ClN5O8S. The van der Waals surface area contributed by atoms with Crippen LogP contribution in [0, 0.1) is 17.8 Å². The third-order valence-corrected chi connectivity index (χ3v) is 15.1. The Morgan fingerprint density at radius 1 is 1.05 bits per heavy atom. The fourth-order valence-corrected chi connectivity index (χ4v) is 11.6. The summed E-state index contributed by atoms with van der Waals surface area (Å²) in [5, 5.41) is 4.88. The van der Waals surface area contributed by atoms with Crippen molar-refractivity contribution in [3.63, 3.8) is 0 Å². The van der Waals surface area contributed by atoms with Crippen LogP contribution in [0.3, 0.4) is 0 Å². The van der Waals surface area contributed by atoms with E-state index in [1.807, 2.05) is 42.5 Å². The van der Waals surface area contributed by atoms with E-state index in [1.54, 1.807) is 45.4 Å². The lowest BCUT2D eigenvalue weighted by atomic mass is 9.68. The Morgan fingerprint density at radius 3 is 2.61 bits per heavy atom. The Balaban J connectivity index is 1.20. The highest BCUT2D eigenvalue weighted by atomic mass is 35.5. The molecule has 2 unspecified atom stereocenters. The Hall–Kier alpha value is -5.18. The van der Waals surface area contributed by atoms with Crippen LogP contribution in [0.15, 0.2) is 89.4 Å². The molecule has 4 aromatic rings. The topological polar surface area (TPSA) is 151 Å². The molecule has 0 radical (unpaired) electrons. The van der Waals surface area contributed by atoms with Gasteiger partial charge < -0.3 is 23.8 Å². The van der Waals surface area contributed by atoms with Crippen molar-refractivity contribution in [2.45, 2.75) is 69.5 Å². The first kappa shape index (κ1) is 43.5. The number of methoxy groups -OCH3 is 2. The molecule has 2 aliphatic heterocycles. The number of amides is 2. The number of rotatable bonds is 8. The number of fused-ring (bicyclic) bond motifs is 4. The monoisotopic (exact) mass is 883 g/mol. The predicted octanol–water partition coefficient (Wildman–Crippen LogP) is 7.30. The molecule has 3 heterocycles. The van der Waals surface area contributed by atoms with Gasteiger partial charge in [0, 0.05) is 61.8 Å². The molecule has 2 aliphatic carbocycles. The first-order chi connectivity index (χ1) is 29.9. The van der Waals surface area contributed by atoms with Gasteiger partial charge in [-0.05, 0) is 103 Å². The summed E-state index contributed by atoms with van der Waals surface area (Å²) < 4.78 is 47.8. The molecule has 1 spiro atoms. The summed E-state index contributed by atoms with van der Waals surface area (Å²) in [6.07, 6.45) is 9.30. The van der Waals surface area contributed by atoms with Crippen LogP contribution in [-0.4, -0.2) is 83.6 Å². The van der Waals surface area contributed by atoms with E-state index < -0.39 is 39.7 Å². The van der Waals surface area contributed by atoms with Gasteiger partial charge in [0.15, 0.2) is 0 Å². The van der Waals surface area contributed by atoms with Crippen LogP contribution in [0.4, 0.5) is 5.69 Å². The van der Waals surface area contributed by atoms with Crippen molar-refractivity contribution < 1.29 is 37.5 Å². The van der Waals surface area contributed by atoms with Gasteiger partial charge in [-0.25, -0.2) is 4.21 Å². The van der Waals surface area contributed by atoms with Crippen LogP contribution in [0.2, 0.25) is 5.02 Å². The Labute approximate surface area is 368 Å². The minimum Gasteiger partial charge on any atom is -0.490 e.